The molecule has 0 atom stereocenters. The van der Waals surface area contributed by atoms with E-state index in [9.17, 15) is 13.0 Å². The smallest absolute Gasteiger partial charge is 1.00 e. The topological polar surface area (TPSA) is 54.4 Å². The van der Waals surface area contributed by atoms with Crippen molar-refractivity contribution in [2.24, 2.45) is 0 Å². The van der Waals surface area contributed by atoms with Gasteiger partial charge in [0.25, 0.3) is 10.1 Å². The second-order valence-corrected chi connectivity index (χ2v) is 6.69. The van der Waals surface area contributed by atoms with Gasteiger partial charge in [-0.2, -0.15) is 8.42 Å². The minimum Gasteiger partial charge on any atom is -1.00 e. The van der Waals surface area contributed by atoms with Gasteiger partial charge in [0.2, 0.25) is 0 Å². The van der Waals surface area contributed by atoms with Crippen LogP contribution in [0.3, 0.4) is 0 Å². The second-order valence-electron chi connectivity index (χ2n) is 5.30. The molecule has 0 amide bonds. The molecule has 0 saturated heterocycles. The molecule has 3 aromatic rings. The molecule has 0 unspecified atom stereocenters. The SMILES string of the molecule is O=S(=O)(O)c1ccccc1C=Cc1ccccc1-c1ccccc1.[H-].[H-].[Na+].[Na+]. The summed E-state index contributed by atoms with van der Waals surface area (Å²) >= 11 is 0. The van der Waals surface area contributed by atoms with Crippen LogP contribution in [0.1, 0.15) is 14.0 Å². The van der Waals surface area contributed by atoms with Crippen LogP contribution in [-0.2, 0) is 10.1 Å². The van der Waals surface area contributed by atoms with Crippen molar-refractivity contribution in [3.8, 4) is 11.1 Å². The first-order valence-corrected chi connectivity index (χ1v) is 8.89. The van der Waals surface area contributed by atoms with Crippen LogP contribution in [0, 0.1) is 0 Å². The Kier molecular flexibility index (Phi) is 9.51. The van der Waals surface area contributed by atoms with E-state index >= 15 is 0 Å². The van der Waals surface area contributed by atoms with Crippen LogP contribution in [0.25, 0.3) is 23.3 Å². The monoisotopic (exact) mass is 384 g/mol. The zero-order chi connectivity index (χ0) is 17.0. The summed E-state index contributed by atoms with van der Waals surface area (Å²) < 4.78 is 32.3. The van der Waals surface area contributed by atoms with Gasteiger partial charge < -0.3 is 2.85 Å². The zero-order valence-electron chi connectivity index (χ0n) is 16.8. The van der Waals surface area contributed by atoms with Gasteiger partial charge in [-0.1, -0.05) is 84.9 Å². The number of hydrogen-bond acceptors (Lipinski definition) is 2. The number of benzene rings is 3. The van der Waals surface area contributed by atoms with E-state index in [4.69, 9.17) is 0 Å². The molecule has 0 bridgehead atoms. The minimum atomic E-state index is -4.25. The van der Waals surface area contributed by atoms with Crippen molar-refractivity contribution in [3.05, 3.63) is 90.0 Å². The number of hydrogen-bond donors (Lipinski definition) is 1. The molecule has 0 aliphatic heterocycles. The Morgan fingerprint density at radius 1 is 0.692 bits per heavy atom. The quantitative estimate of drug-likeness (QED) is 0.357. The molecule has 0 aliphatic rings. The van der Waals surface area contributed by atoms with Crippen molar-refractivity contribution in [1.82, 2.24) is 0 Å². The predicted molar refractivity (Wildman–Crippen MR) is 99.3 cm³/mol. The van der Waals surface area contributed by atoms with Crippen LogP contribution in [0.5, 0.6) is 0 Å². The van der Waals surface area contributed by atoms with Crippen LogP contribution in [-0.4, -0.2) is 13.0 Å². The maximum atomic E-state index is 11.5. The van der Waals surface area contributed by atoms with E-state index in [1.54, 1.807) is 24.3 Å². The van der Waals surface area contributed by atoms with Crippen LogP contribution < -0.4 is 59.1 Å². The predicted octanol–water partition coefficient (Wildman–Crippen LogP) is -0.996. The summed E-state index contributed by atoms with van der Waals surface area (Å²) in [5, 5.41) is 0. The Bertz CT molecular complexity index is 995. The molecule has 1 N–H and O–H groups in total. The van der Waals surface area contributed by atoms with Crippen molar-refractivity contribution in [3.63, 3.8) is 0 Å². The van der Waals surface area contributed by atoms with Gasteiger partial charge in [0.05, 0.1) is 0 Å². The molecule has 3 aromatic carbocycles. The largest absolute Gasteiger partial charge is 1.00 e. The van der Waals surface area contributed by atoms with Crippen LogP contribution >= 0.6 is 0 Å². The molecule has 0 radical (unpaired) electrons. The molecule has 0 aliphatic carbocycles. The standard InChI is InChI=1S/C20H16O3S.2Na.2H/c21-24(22,23)20-13-7-5-11-18(20)15-14-17-10-4-6-12-19(17)16-8-2-1-3-9-16;;;;/h1-15H,(H,21,22,23);;;;/q;2*+1;2*-1. The third kappa shape index (κ3) is 5.91. The van der Waals surface area contributed by atoms with Crippen molar-refractivity contribution < 1.29 is 74.9 Å². The van der Waals surface area contributed by atoms with E-state index in [1.807, 2.05) is 60.7 Å². The van der Waals surface area contributed by atoms with Gasteiger partial charge >= 0.3 is 59.1 Å². The average molecular weight is 384 g/mol. The summed E-state index contributed by atoms with van der Waals surface area (Å²) in [6.45, 7) is 0. The van der Waals surface area contributed by atoms with Crippen LogP contribution in [0.15, 0.2) is 83.8 Å². The fourth-order valence-corrected chi connectivity index (χ4v) is 3.24. The average Bonchev–Trinajstić information content (AvgIpc) is 2.60. The van der Waals surface area contributed by atoms with E-state index in [1.165, 1.54) is 6.07 Å². The third-order valence-electron chi connectivity index (χ3n) is 3.68. The van der Waals surface area contributed by atoms with Gasteiger partial charge in [0.1, 0.15) is 4.90 Å². The van der Waals surface area contributed by atoms with Gasteiger partial charge in [-0.05, 0) is 28.3 Å². The van der Waals surface area contributed by atoms with E-state index in [-0.39, 0.29) is 66.9 Å². The Labute approximate surface area is 201 Å². The maximum Gasteiger partial charge on any atom is 1.00 e. The molecular formula is C20H18Na2O3S. The van der Waals surface area contributed by atoms with Crippen molar-refractivity contribution in [1.29, 1.82) is 0 Å². The molecule has 0 aromatic heterocycles. The molecule has 3 rings (SSSR count). The Morgan fingerprint density at radius 2 is 1.19 bits per heavy atom. The van der Waals surface area contributed by atoms with E-state index in [0.29, 0.717) is 5.56 Å². The first-order valence-electron chi connectivity index (χ1n) is 7.45. The molecule has 26 heavy (non-hydrogen) atoms. The Morgan fingerprint density at radius 3 is 1.85 bits per heavy atom. The molecule has 0 spiro atoms. The van der Waals surface area contributed by atoms with Crippen LogP contribution in [0.2, 0.25) is 0 Å². The third-order valence-corrected chi connectivity index (χ3v) is 4.61. The van der Waals surface area contributed by atoms with Gasteiger partial charge in [-0.25, -0.2) is 0 Å². The second kappa shape index (κ2) is 10.6. The zero-order valence-corrected chi connectivity index (χ0v) is 19.6. The molecule has 0 heterocycles. The summed E-state index contributed by atoms with van der Waals surface area (Å²) in [6.07, 6.45) is 3.55. The molecule has 0 fully saturated rings. The van der Waals surface area contributed by atoms with Gasteiger partial charge in [-0.3, -0.25) is 4.55 Å². The molecule has 6 heteroatoms. The van der Waals surface area contributed by atoms with Crippen molar-refractivity contribution in [2.45, 2.75) is 4.90 Å². The van der Waals surface area contributed by atoms with Gasteiger partial charge in [0.15, 0.2) is 0 Å². The van der Waals surface area contributed by atoms with Gasteiger partial charge in [-0.15, -0.1) is 0 Å². The first kappa shape index (κ1) is 23.3. The summed E-state index contributed by atoms with van der Waals surface area (Å²) in [5.74, 6) is 0. The van der Waals surface area contributed by atoms with Crippen molar-refractivity contribution in [2.75, 3.05) is 0 Å². The molecular weight excluding hydrogens is 366 g/mol. The Balaban J connectivity index is 0. The summed E-state index contributed by atoms with van der Waals surface area (Å²) in [4.78, 5) is -0.0987. The minimum absolute atomic E-state index is 0. The maximum absolute atomic E-state index is 11.5. The van der Waals surface area contributed by atoms with E-state index in [0.717, 1.165) is 16.7 Å². The summed E-state index contributed by atoms with van der Waals surface area (Å²) in [6, 6.07) is 24.2. The van der Waals surface area contributed by atoms with E-state index < -0.39 is 10.1 Å². The molecule has 3 nitrogen and oxygen atoms in total. The first-order chi connectivity index (χ1) is 11.6. The summed E-state index contributed by atoms with van der Waals surface area (Å²) in [5.41, 5.74) is 3.55. The fourth-order valence-electron chi connectivity index (χ4n) is 2.56. The Hall–Kier alpha value is -0.690. The molecule has 124 valence electrons. The van der Waals surface area contributed by atoms with Crippen LogP contribution in [0.4, 0.5) is 0 Å². The fraction of sp³-hybridized carbons (Fsp3) is 0. The van der Waals surface area contributed by atoms with Gasteiger partial charge in [0, 0.05) is 0 Å². The summed E-state index contributed by atoms with van der Waals surface area (Å²) in [7, 11) is -4.25. The van der Waals surface area contributed by atoms with Crippen molar-refractivity contribution >= 4 is 22.3 Å². The molecule has 0 saturated carbocycles. The number of rotatable bonds is 4. The normalized spacial score (nSPS) is 10.8. The van der Waals surface area contributed by atoms with E-state index in [2.05, 4.69) is 0 Å².